The maximum absolute atomic E-state index is 13.6. The summed E-state index contributed by atoms with van der Waals surface area (Å²) >= 11 is 1.59. The average Bonchev–Trinajstić information content (AvgIpc) is 3.34. The molecule has 2 N–H and O–H groups in total. The van der Waals surface area contributed by atoms with E-state index in [9.17, 15) is 4.79 Å². The molecule has 204 valence electrons. The first-order valence-electron chi connectivity index (χ1n) is 14.0. The number of thiazole rings is 1. The van der Waals surface area contributed by atoms with Crippen LogP contribution in [0.3, 0.4) is 0 Å². The molecule has 2 bridgehead atoms. The van der Waals surface area contributed by atoms with Gasteiger partial charge in [0.15, 0.2) is 5.82 Å². The van der Waals surface area contributed by atoms with Crippen molar-refractivity contribution in [1.82, 2.24) is 29.0 Å². The van der Waals surface area contributed by atoms with Gasteiger partial charge in [0, 0.05) is 49.4 Å². The van der Waals surface area contributed by atoms with Crippen molar-refractivity contribution in [1.29, 1.82) is 0 Å². The van der Waals surface area contributed by atoms with Crippen LogP contribution in [0.15, 0.2) is 42.0 Å². The van der Waals surface area contributed by atoms with Crippen molar-refractivity contribution < 1.29 is 9.53 Å². The lowest BCUT2D eigenvalue weighted by atomic mass is 10.1. The van der Waals surface area contributed by atoms with Gasteiger partial charge in [0.1, 0.15) is 16.9 Å². The van der Waals surface area contributed by atoms with Gasteiger partial charge in [-0.15, -0.1) is 11.3 Å². The third-order valence-corrected chi connectivity index (χ3v) is 9.91. The van der Waals surface area contributed by atoms with Crippen molar-refractivity contribution in [3.63, 3.8) is 0 Å². The van der Waals surface area contributed by atoms with Gasteiger partial charge in [-0.2, -0.15) is 0 Å². The Morgan fingerprint density at radius 3 is 2.73 bits per heavy atom. The minimum atomic E-state index is 0.0118. The zero-order valence-corrected chi connectivity index (χ0v) is 23.4. The van der Waals surface area contributed by atoms with E-state index in [0.717, 1.165) is 70.1 Å². The van der Waals surface area contributed by atoms with Crippen LogP contribution < -0.4 is 10.5 Å². The number of aromatic nitrogens is 5. The molecule has 2 saturated carbocycles. The summed E-state index contributed by atoms with van der Waals surface area (Å²) in [5, 5.41) is 1.08. The van der Waals surface area contributed by atoms with Crippen molar-refractivity contribution in [3.05, 3.63) is 47.6 Å². The Balaban J connectivity index is 1.25. The topological polar surface area (TPSA) is 104 Å². The highest BCUT2D eigenvalue weighted by Crippen LogP contribution is 2.40. The molecule has 2 aliphatic carbocycles. The number of methoxy groups -OCH3 is 1. The molecule has 1 amide bonds. The molecule has 1 saturated heterocycles. The van der Waals surface area contributed by atoms with Crippen LogP contribution in [0, 0.1) is 11.8 Å². The van der Waals surface area contributed by atoms with Crippen molar-refractivity contribution in [3.8, 4) is 27.8 Å². The summed E-state index contributed by atoms with van der Waals surface area (Å²) in [7, 11) is 3.67. The monoisotopic (exact) mass is 553 g/mol. The highest BCUT2D eigenvalue weighted by atomic mass is 32.1. The standard InChI is InChI=1S/C30H31N7O2S/c1-35-27-21(9-19(11-24(27)39-2)30(38)37-14-18-6-8-22(37)26(18)31)34-29(35)23-10-17-5-7-20(25-12-32-15-40-25)33-28(17)36(23)13-16-3-4-16/h5,7,9-12,15-16,18,22,26H,3-4,6,8,13-14,31H2,1-2H3/t18?,22?,26-/m1/s1. The minimum absolute atomic E-state index is 0.0118. The Hall–Kier alpha value is -3.76. The summed E-state index contributed by atoms with van der Waals surface area (Å²) in [5.41, 5.74) is 13.4. The molecule has 4 aromatic heterocycles. The van der Waals surface area contributed by atoms with E-state index in [2.05, 4.69) is 32.3 Å². The third kappa shape index (κ3) is 3.62. The Morgan fingerprint density at radius 2 is 2.02 bits per heavy atom. The van der Waals surface area contributed by atoms with Gasteiger partial charge in [-0.3, -0.25) is 9.78 Å². The summed E-state index contributed by atoms with van der Waals surface area (Å²) in [6.45, 7) is 1.64. The number of carbonyl (C=O) groups excluding carboxylic acids is 1. The van der Waals surface area contributed by atoms with Gasteiger partial charge in [-0.1, -0.05) is 0 Å². The van der Waals surface area contributed by atoms with Gasteiger partial charge < -0.3 is 24.5 Å². The first-order valence-corrected chi connectivity index (χ1v) is 14.9. The van der Waals surface area contributed by atoms with E-state index in [0.29, 0.717) is 23.1 Å². The lowest BCUT2D eigenvalue weighted by Gasteiger charge is -2.27. The van der Waals surface area contributed by atoms with Gasteiger partial charge in [-0.25, -0.2) is 9.97 Å². The van der Waals surface area contributed by atoms with E-state index in [1.165, 1.54) is 12.8 Å². The number of fused-ring (bicyclic) bond motifs is 4. The van der Waals surface area contributed by atoms with Gasteiger partial charge in [0.25, 0.3) is 5.91 Å². The van der Waals surface area contributed by atoms with Crippen LogP contribution in [0.1, 0.15) is 36.0 Å². The molecule has 10 heteroatoms. The maximum atomic E-state index is 13.6. The number of hydrogen-bond acceptors (Lipinski definition) is 7. The average molecular weight is 554 g/mol. The zero-order valence-electron chi connectivity index (χ0n) is 22.6. The van der Waals surface area contributed by atoms with Gasteiger partial charge in [0.05, 0.1) is 34.4 Å². The van der Waals surface area contributed by atoms with E-state index in [4.69, 9.17) is 20.4 Å². The van der Waals surface area contributed by atoms with Crippen LogP contribution in [0.5, 0.6) is 5.75 Å². The lowest BCUT2D eigenvalue weighted by molar-refractivity contribution is 0.0700. The second-order valence-electron chi connectivity index (χ2n) is 11.5. The molecule has 8 rings (SSSR count). The third-order valence-electron chi connectivity index (χ3n) is 9.11. The molecule has 3 fully saturated rings. The number of imidazole rings is 1. The number of carbonyl (C=O) groups is 1. The summed E-state index contributed by atoms with van der Waals surface area (Å²) in [6.07, 6.45) is 6.42. The number of pyridine rings is 1. The number of amides is 1. The Bertz CT molecular complexity index is 1790. The van der Waals surface area contributed by atoms with E-state index >= 15 is 0 Å². The van der Waals surface area contributed by atoms with Crippen molar-refractivity contribution in [2.45, 2.75) is 44.3 Å². The molecule has 0 radical (unpaired) electrons. The minimum Gasteiger partial charge on any atom is -0.494 e. The highest BCUT2D eigenvalue weighted by Gasteiger charge is 2.47. The summed E-state index contributed by atoms with van der Waals surface area (Å²) in [5.74, 6) is 2.54. The van der Waals surface area contributed by atoms with Crippen LogP contribution >= 0.6 is 11.3 Å². The Labute approximate surface area is 235 Å². The summed E-state index contributed by atoms with van der Waals surface area (Å²) < 4.78 is 10.2. The second-order valence-corrected chi connectivity index (χ2v) is 12.4. The van der Waals surface area contributed by atoms with Crippen molar-refractivity contribution in [2.24, 2.45) is 24.6 Å². The van der Waals surface area contributed by atoms with E-state index < -0.39 is 0 Å². The molecular formula is C30H31N7O2S. The van der Waals surface area contributed by atoms with E-state index in [1.807, 2.05) is 35.8 Å². The maximum Gasteiger partial charge on any atom is 0.254 e. The predicted octanol–water partition coefficient (Wildman–Crippen LogP) is 4.69. The number of rotatable bonds is 6. The molecule has 2 unspecified atom stereocenters. The number of piperidine rings is 1. The lowest BCUT2D eigenvalue weighted by Crippen LogP contribution is -2.41. The molecule has 40 heavy (non-hydrogen) atoms. The summed E-state index contributed by atoms with van der Waals surface area (Å²) in [6, 6.07) is 10.4. The molecular weight excluding hydrogens is 522 g/mol. The largest absolute Gasteiger partial charge is 0.494 e. The van der Waals surface area contributed by atoms with E-state index in [-0.39, 0.29) is 18.0 Å². The molecule has 5 aromatic rings. The van der Waals surface area contributed by atoms with Crippen LogP contribution in [-0.2, 0) is 13.6 Å². The fourth-order valence-electron chi connectivity index (χ4n) is 6.80. The predicted molar refractivity (Wildman–Crippen MR) is 155 cm³/mol. The van der Waals surface area contributed by atoms with Crippen LogP contribution in [-0.4, -0.2) is 60.6 Å². The second kappa shape index (κ2) is 8.87. The quantitative estimate of drug-likeness (QED) is 0.327. The van der Waals surface area contributed by atoms with Crippen LogP contribution in [0.25, 0.3) is 44.2 Å². The molecule has 1 aliphatic heterocycles. The molecule has 0 spiro atoms. The molecule has 5 heterocycles. The number of benzene rings is 1. The highest BCUT2D eigenvalue weighted by molar-refractivity contribution is 7.13. The Kier molecular flexibility index (Phi) is 5.34. The fraction of sp³-hybridized carbons (Fsp3) is 0.400. The molecule has 9 nitrogen and oxygen atoms in total. The zero-order chi connectivity index (χ0) is 27.1. The molecule has 3 aliphatic rings. The van der Waals surface area contributed by atoms with Crippen LogP contribution in [0.2, 0.25) is 0 Å². The number of aryl methyl sites for hydroxylation is 1. The van der Waals surface area contributed by atoms with Crippen LogP contribution in [0.4, 0.5) is 0 Å². The normalized spacial score (nSPS) is 22.2. The number of ether oxygens (including phenoxy) is 1. The molecule has 1 aromatic carbocycles. The number of likely N-dealkylation sites (tertiary alicyclic amines) is 1. The number of hydrogen-bond donors (Lipinski definition) is 1. The number of nitrogens with two attached hydrogens (primary N) is 1. The van der Waals surface area contributed by atoms with Gasteiger partial charge in [-0.05, 0) is 67.9 Å². The van der Waals surface area contributed by atoms with Crippen molar-refractivity contribution in [2.75, 3.05) is 13.7 Å². The smallest absolute Gasteiger partial charge is 0.254 e. The van der Waals surface area contributed by atoms with E-state index in [1.54, 1.807) is 18.4 Å². The molecule has 3 atom stereocenters. The first kappa shape index (κ1) is 24.1. The summed E-state index contributed by atoms with van der Waals surface area (Å²) in [4.78, 5) is 31.1. The van der Waals surface area contributed by atoms with Crippen molar-refractivity contribution >= 4 is 39.3 Å². The van der Waals surface area contributed by atoms with Gasteiger partial charge >= 0.3 is 0 Å². The number of nitrogens with zero attached hydrogens (tertiary/aromatic N) is 6. The van der Waals surface area contributed by atoms with Gasteiger partial charge in [0.2, 0.25) is 0 Å². The SMILES string of the molecule is COc1cc(C(=O)N2CC3CCC2[C@@H]3N)cc2nc(-c3cc4ccc(-c5cncs5)nc4n3CC3CC3)n(C)c12. The Morgan fingerprint density at radius 1 is 1.15 bits per heavy atom. The fourth-order valence-corrected chi connectivity index (χ4v) is 7.39. The first-order chi connectivity index (χ1) is 19.5.